The quantitative estimate of drug-likeness (QED) is 0.788. The number of thiophene rings is 1. The smallest absolute Gasteiger partial charge is 0.255 e. The van der Waals surface area contributed by atoms with Crippen LogP contribution in [0.4, 0.5) is 0 Å². The summed E-state index contributed by atoms with van der Waals surface area (Å²) in [5.74, 6) is -0.0659. The van der Waals surface area contributed by atoms with Crippen LogP contribution in [0.15, 0.2) is 30.6 Å². The first-order valence-electron chi connectivity index (χ1n) is 7.48. The number of amides is 1. The number of halogens is 1. The number of hydrogen-bond acceptors (Lipinski definition) is 4. The van der Waals surface area contributed by atoms with E-state index < -0.39 is 0 Å². The zero-order valence-electron chi connectivity index (χ0n) is 12.8. The van der Waals surface area contributed by atoms with Crippen LogP contribution >= 0.6 is 22.9 Å². The Morgan fingerprint density at radius 1 is 1.48 bits per heavy atom. The number of hydrogen-bond donors (Lipinski definition) is 0. The molecule has 1 unspecified atom stereocenters. The van der Waals surface area contributed by atoms with Gasteiger partial charge in [0.2, 0.25) is 0 Å². The summed E-state index contributed by atoms with van der Waals surface area (Å²) in [7, 11) is 0. The van der Waals surface area contributed by atoms with Crippen LogP contribution in [0, 0.1) is 0 Å². The van der Waals surface area contributed by atoms with Crippen molar-refractivity contribution in [3.63, 3.8) is 0 Å². The molecule has 1 amide bonds. The highest BCUT2D eigenvalue weighted by atomic mass is 35.5. The van der Waals surface area contributed by atoms with Gasteiger partial charge in [0.05, 0.1) is 9.90 Å². The van der Waals surface area contributed by atoms with E-state index in [1.807, 2.05) is 17.0 Å². The third-order valence-electron chi connectivity index (χ3n) is 4.32. The Balaban J connectivity index is 1.84. The summed E-state index contributed by atoms with van der Waals surface area (Å²) in [5, 5.41) is 0. The second-order valence-corrected chi connectivity index (χ2v) is 7.86. The summed E-state index contributed by atoms with van der Waals surface area (Å²) in [6.07, 6.45) is 6.41. The summed E-state index contributed by atoms with van der Waals surface area (Å²) in [6, 6.07) is 5.51. The number of carbonyl (C=O) groups excluding carboxylic acids is 2. The fourth-order valence-corrected chi connectivity index (χ4v) is 4.44. The number of aldehydes is 1. The molecule has 3 rings (SSSR count). The van der Waals surface area contributed by atoms with Crippen molar-refractivity contribution in [2.45, 2.75) is 31.7 Å². The van der Waals surface area contributed by atoms with Crippen LogP contribution in [0.3, 0.4) is 0 Å². The highest BCUT2D eigenvalue weighted by molar-refractivity contribution is 7.16. The minimum atomic E-state index is -0.234. The third kappa shape index (κ3) is 3.31. The predicted molar refractivity (Wildman–Crippen MR) is 91.3 cm³/mol. The SMILES string of the molecule is CC1(Cc2ccc(Cl)s2)CCCN1C(=O)c1cncc(C=O)c1. The molecule has 3 heterocycles. The molecular formula is C17H17ClN2O2S. The molecule has 0 N–H and O–H groups in total. The largest absolute Gasteiger partial charge is 0.333 e. The fourth-order valence-electron chi connectivity index (χ4n) is 3.17. The van der Waals surface area contributed by atoms with Gasteiger partial charge in [0, 0.05) is 41.3 Å². The van der Waals surface area contributed by atoms with Gasteiger partial charge in [-0.15, -0.1) is 11.3 Å². The van der Waals surface area contributed by atoms with Gasteiger partial charge in [-0.2, -0.15) is 0 Å². The molecule has 1 aliphatic heterocycles. The first-order valence-corrected chi connectivity index (χ1v) is 8.68. The number of rotatable bonds is 4. The molecule has 0 aliphatic carbocycles. The normalized spacial score (nSPS) is 20.7. The lowest BCUT2D eigenvalue weighted by molar-refractivity contribution is 0.0625. The van der Waals surface area contributed by atoms with E-state index in [-0.39, 0.29) is 11.4 Å². The van der Waals surface area contributed by atoms with Crippen LogP contribution < -0.4 is 0 Å². The average molecular weight is 349 g/mol. The first-order chi connectivity index (χ1) is 11.0. The van der Waals surface area contributed by atoms with Crippen molar-refractivity contribution in [1.29, 1.82) is 0 Å². The lowest BCUT2D eigenvalue weighted by Crippen LogP contribution is -2.46. The Bertz CT molecular complexity index is 746. The lowest BCUT2D eigenvalue weighted by Gasteiger charge is -2.35. The van der Waals surface area contributed by atoms with Crippen molar-refractivity contribution in [3.05, 3.63) is 50.9 Å². The van der Waals surface area contributed by atoms with E-state index in [0.717, 1.165) is 30.1 Å². The van der Waals surface area contributed by atoms with E-state index >= 15 is 0 Å². The highest BCUT2D eigenvalue weighted by Crippen LogP contribution is 2.36. The van der Waals surface area contributed by atoms with Crippen molar-refractivity contribution >= 4 is 35.1 Å². The summed E-state index contributed by atoms with van der Waals surface area (Å²) < 4.78 is 0.766. The molecule has 0 radical (unpaired) electrons. The van der Waals surface area contributed by atoms with Crippen LogP contribution in [0.2, 0.25) is 4.34 Å². The molecule has 2 aromatic rings. The molecule has 4 nitrogen and oxygen atoms in total. The van der Waals surface area contributed by atoms with Crippen molar-refractivity contribution in [2.75, 3.05) is 6.54 Å². The summed E-state index contributed by atoms with van der Waals surface area (Å²) >= 11 is 7.57. The number of carbonyl (C=O) groups is 2. The van der Waals surface area contributed by atoms with Crippen LogP contribution in [0.25, 0.3) is 0 Å². The molecule has 0 aromatic carbocycles. The zero-order chi connectivity index (χ0) is 16.4. The number of pyridine rings is 1. The summed E-state index contributed by atoms with van der Waals surface area (Å²) in [5.41, 5.74) is 0.649. The van der Waals surface area contributed by atoms with Gasteiger partial charge in [-0.05, 0) is 38.0 Å². The Kier molecular flexibility index (Phi) is 4.50. The van der Waals surface area contributed by atoms with Crippen LogP contribution in [0.5, 0.6) is 0 Å². The highest BCUT2D eigenvalue weighted by Gasteiger charge is 2.40. The van der Waals surface area contributed by atoms with Crippen molar-refractivity contribution in [2.24, 2.45) is 0 Å². The monoisotopic (exact) mass is 348 g/mol. The molecule has 1 aliphatic rings. The number of aromatic nitrogens is 1. The molecule has 0 saturated carbocycles. The van der Waals surface area contributed by atoms with E-state index in [0.29, 0.717) is 17.4 Å². The standard InChI is InChI=1S/C17H17ClN2O2S/c1-17(8-14-3-4-15(18)23-14)5-2-6-20(17)16(22)13-7-12(11-21)9-19-10-13/h3-4,7,9-11H,2,5-6,8H2,1H3. The van der Waals surface area contributed by atoms with Gasteiger partial charge in [-0.25, -0.2) is 0 Å². The molecule has 23 heavy (non-hydrogen) atoms. The molecule has 6 heteroatoms. The van der Waals surface area contributed by atoms with Crippen molar-refractivity contribution < 1.29 is 9.59 Å². The molecule has 0 bridgehead atoms. The van der Waals surface area contributed by atoms with E-state index in [9.17, 15) is 9.59 Å². The molecule has 0 spiro atoms. The van der Waals surface area contributed by atoms with Crippen molar-refractivity contribution in [1.82, 2.24) is 9.88 Å². The summed E-state index contributed by atoms with van der Waals surface area (Å²) in [6.45, 7) is 2.84. The average Bonchev–Trinajstić information content (AvgIpc) is 3.12. The lowest BCUT2D eigenvalue weighted by atomic mass is 9.93. The van der Waals surface area contributed by atoms with E-state index in [4.69, 9.17) is 11.6 Å². The minimum absolute atomic E-state index is 0.0659. The predicted octanol–water partition coefficient (Wildman–Crippen LogP) is 3.85. The van der Waals surface area contributed by atoms with Gasteiger partial charge in [0.1, 0.15) is 0 Å². The molecule has 120 valence electrons. The van der Waals surface area contributed by atoms with Crippen LogP contribution in [-0.2, 0) is 6.42 Å². The van der Waals surface area contributed by atoms with Gasteiger partial charge in [-0.1, -0.05) is 11.6 Å². The Labute approximate surface area is 144 Å². The zero-order valence-corrected chi connectivity index (χ0v) is 14.4. The van der Waals surface area contributed by atoms with Crippen LogP contribution in [0.1, 0.15) is 45.4 Å². The van der Waals surface area contributed by atoms with Crippen LogP contribution in [-0.4, -0.2) is 34.2 Å². The molecule has 1 atom stereocenters. The van der Waals surface area contributed by atoms with Gasteiger partial charge < -0.3 is 4.90 Å². The topological polar surface area (TPSA) is 50.3 Å². The van der Waals surface area contributed by atoms with E-state index in [2.05, 4.69) is 11.9 Å². The van der Waals surface area contributed by atoms with E-state index in [1.54, 1.807) is 17.4 Å². The molecule has 1 saturated heterocycles. The number of nitrogens with zero attached hydrogens (tertiary/aromatic N) is 2. The van der Waals surface area contributed by atoms with Crippen molar-refractivity contribution in [3.8, 4) is 0 Å². The molecule has 1 fully saturated rings. The fraction of sp³-hybridized carbons (Fsp3) is 0.353. The third-order valence-corrected chi connectivity index (χ3v) is 5.55. The maximum atomic E-state index is 12.9. The minimum Gasteiger partial charge on any atom is -0.333 e. The second-order valence-electron chi connectivity index (χ2n) is 6.06. The number of likely N-dealkylation sites (tertiary alicyclic amines) is 1. The Hall–Kier alpha value is -1.72. The maximum Gasteiger partial charge on any atom is 0.255 e. The van der Waals surface area contributed by atoms with Gasteiger partial charge in [-0.3, -0.25) is 14.6 Å². The van der Waals surface area contributed by atoms with Gasteiger partial charge in [0.25, 0.3) is 5.91 Å². The Morgan fingerprint density at radius 3 is 3.00 bits per heavy atom. The summed E-state index contributed by atoms with van der Waals surface area (Å²) in [4.78, 5) is 30.8. The second kappa shape index (κ2) is 6.42. The van der Waals surface area contributed by atoms with Gasteiger partial charge >= 0.3 is 0 Å². The Morgan fingerprint density at radius 2 is 2.30 bits per heavy atom. The maximum absolute atomic E-state index is 12.9. The van der Waals surface area contributed by atoms with E-state index in [1.165, 1.54) is 17.3 Å². The molecule has 2 aromatic heterocycles. The molecular weight excluding hydrogens is 332 g/mol. The first kappa shape index (κ1) is 16.1. The van der Waals surface area contributed by atoms with Gasteiger partial charge in [0.15, 0.2) is 6.29 Å².